The van der Waals surface area contributed by atoms with Gasteiger partial charge in [-0.05, 0) is 0 Å². The molecular formula is C9H18N4O. The molecule has 80 valence electrons. The van der Waals surface area contributed by atoms with Gasteiger partial charge in [-0.3, -0.25) is 5.10 Å². The zero-order valence-electron chi connectivity index (χ0n) is 8.75. The second kappa shape index (κ2) is 5.07. The maximum atomic E-state index is 9.01. The molecule has 0 aliphatic heterocycles. The Morgan fingerprint density at radius 3 is 2.93 bits per heavy atom. The van der Waals surface area contributed by atoms with Crippen molar-refractivity contribution < 1.29 is 5.11 Å². The van der Waals surface area contributed by atoms with Crippen LogP contribution < -0.4 is 5.32 Å². The number of H-pyrrole nitrogens is 1. The zero-order valence-corrected chi connectivity index (χ0v) is 8.75. The Morgan fingerprint density at radius 2 is 2.36 bits per heavy atom. The summed E-state index contributed by atoms with van der Waals surface area (Å²) in [5.74, 6) is 0.888. The van der Waals surface area contributed by atoms with Crippen LogP contribution in [0.15, 0.2) is 6.33 Å². The molecule has 0 aliphatic carbocycles. The predicted octanol–water partition coefficient (Wildman–Crippen LogP) is -0.0447. The molecule has 0 bridgehead atoms. The molecule has 14 heavy (non-hydrogen) atoms. The summed E-state index contributed by atoms with van der Waals surface area (Å²) in [6.45, 7) is 5.89. The van der Waals surface area contributed by atoms with Crippen molar-refractivity contribution in [2.24, 2.45) is 5.41 Å². The van der Waals surface area contributed by atoms with Crippen molar-refractivity contribution in [1.29, 1.82) is 0 Å². The quantitative estimate of drug-likeness (QED) is 0.561. The number of hydrogen-bond donors (Lipinski definition) is 3. The van der Waals surface area contributed by atoms with Crippen LogP contribution in [0.1, 0.15) is 19.7 Å². The molecular weight excluding hydrogens is 180 g/mol. The molecule has 1 aromatic heterocycles. The first-order valence-corrected chi connectivity index (χ1v) is 4.80. The Hall–Kier alpha value is -0.940. The van der Waals surface area contributed by atoms with E-state index < -0.39 is 0 Å². The molecule has 0 atom stereocenters. The fourth-order valence-electron chi connectivity index (χ4n) is 1.04. The van der Waals surface area contributed by atoms with Crippen LogP contribution in [0.25, 0.3) is 0 Å². The third-order valence-corrected chi connectivity index (χ3v) is 2.04. The van der Waals surface area contributed by atoms with Crippen LogP contribution in [0.5, 0.6) is 0 Å². The van der Waals surface area contributed by atoms with E-state index in [1.54, 1.807) is 0 Å². The number of aliphatic hydroxyl groups excluding tert-OH is 1. The molecule has 5 heteroatoms. The van der Waals surface area contributed by atoms with E-state index in [9.17, 15) is 0 Å². The van der Waals surface area contributed by atoms with Gasteiger partial charge in [0.2, 0.25) is 0 Å². The number of nitrogens with zero attached hydrogens (tertiary/aromatic N) is 2. The van der Waals surface area contributed by atoms with Crippen molar-refractivity contribution in [2.45, 2.75) is 20.3 Å². The van der Waals surface area contributed by atoms with Crippen molar-refractivity contribution >= 4 is 0 Å². The summed E-state index contributed by atoms with van der Waals surface area (Å²) in [6.07, 6.45) is 2.34. The Bertz CT molecular complexity index is 245. The van der Waals surface area contributed by atoms with Gasteiger partial charge in [-0.25, -0.2) is 4.98 Å². The van der Waals surface area contributed by atoms with Gasteiger partial charge in [0.05, 0.1) is 0 Å². The Kier molecular flexibility index (Phi) is 4.03. The molecule has 0 fully saturated rings. The summed E-state index contributed by atoms with van der Waals surface area (Å²) in [5, 5.41) is 18.8. The summed E-state index contributed by atoms with van der Waals surface area (Å²) < 4.78 is 0. The number of hydrogen-bond acceptors (Lipinski definition) is 4. The third-order valence-electron chi connectivity index (χ3n) is 2.04. The van der Waals surface area contributed by atoms with Crippen LogP contribution in [0, 0.1) is 5.41 Å². The van der Waals surface area contributed by atoms with Crippen LogP contribution in [0.2, 0.25) is 0 Å². The summed E-state index contributed by atoms with van der Waals surface area (Å²) in [6, 6.07) is 0. The van der Waals surface area contributed by atoms with E-state index in [4.69, 9.17) is 5.11 Å². The lowest BCUT2D eigenvalue weighted by atomic mass is 9.95. The normalized spacial score (nSPS) is 11.9. The van der Waals surface area contributed by atoms with Gasteiger partial charge in [-0.15, -0.1) is 0 Å². The minimum Gasteiger partial charge on any atom is -0.396 e. The van der Waals surface area contributed by atoms with Gasteiger partial charge in [0.25, 0.3) is 0 Å². The number of aliphatic hydroxyl groups is 1. The van der Waals surface area contributed by atoms with Crippen LogP contribution in [-0.2, 0) is 6.42 Å². The molecule has 1 aromatic rings. The fraction of sp³-hybridized carbons (Fsp3) is 0.778. The summed E-state index contributed by atoms with van der Waals surface area (Å²) >= 11 is 0. The molecule has 1 heterocycles. The monoisotopic (exact) mass is 198 g/mol. The van der Waals surface area contributed by atoms with Gasteiger partial charge in [-0.2, -0.15) is 5.10 Å². The van der Waals surface area contributed by atoms with Crippen molar-refractivity contribution in [2.75, 3.05) is 19.7 Å². The first-order valence-electron chi connectivity index (χ1n) is 4.80. The smallest absolute Gasteiger partial charge is 0.137 e. The Morgan fingerprint density at radius 1 is 1.57 bits per heavy atom. The predicted molar refractivity (Wildman–Crippen MR) is 53.8 cm³/mol. The average molecular weight is 198 g/mol. The number of aromatic nitrogens is 3. The molecule has 0 aliphatic rings. The molecule has 3 N–H and O–H groups in total. The largest absolute Gasteiger partial charge is 0.396 e. The molecule has 0 radical (unpaired) electrons. The van der Waals surface area contributed by atoms with E-state index in [0.29, 0.717) is 0 Å². The van der Waals surface area contributed by atoms with Crippen LogP contribution in [0.3, 0.4) is 0 Å². The van der Waals surface area contributed by atoms with Crippen LogP contribution in [-0.4, -0.2) is 40.0 Å². The van der Waals surface area contributed by atoms with Crippen molar-refractivity contribution in [3.8, 4) is 0 Å². The summed E-state index contributed by atoms with van der Waals surface area (Å²) in [7, 11) is 0. The summed E-state index contributed by atoms with van der Waals surface area (Å²) in [5.41, 5.74) is -0.0542. The zero-order chi connectivity index (χ0) is 10.4. The molecule has 0 spiro atoms. The van der Waals surface area contributed by atoms with Gasteiger partial charge >= 0.3 is 0 Å². The summed E-state index contributed by atoms with van der Waals surface area (Å²) in [4.78, 5) is 4.01. The molecule has 1 rings (SSSR count). The molecule has 0 unspecified atom stereocenters. The van der Waals surface area contributed by atoms with E-state index >= 15 is 0 Å². The average Bonchev–Trinajstić information content (AvgIpc) is 2.65. The second-order valence-electron chi connectivity index (χ2n) is 4.18. The van der Waals surface area contributed by atoms with Gasteiger partial charge < -0.3 is 10.4 Å². The van der Waals surface area contributed by atoms with Crippen molar-refractivity contribution in [3.63, 3.8) is 0 Å². The lowest BCUT2D eigenvalue weighted by Gasteiger charge is -2.21. The molecule has 5 nitrogen and oxygen atoms in total. The minimum absolute atomic E-state index is 0.0542. The minimum atomic E-state index is -0.0542. The SMILES string of the molecule is CC(C)(CO)CNCCc1ncn[nH]1. The van der Waals surface area contributed by atoms with Gasteiger partial charge in [0.15, 0.2) is 0 Å². The lowest BCUT2D eigenvalue weighted by Crippen LogP contribution is -2.33. The Labute approximate surface area is 83.9 Å². The molecule has 0 amide bonds. The van der Waals surface area contributed by atoms with E-state index in [0.717, 1.165) is 25.3 Å². The highest BCUT2D eigenvalue weighted by Gasteiger charge is 2.15. The van der Waals surface area contributed by atoms with E-state index in [-0.39, 0.29) is 12.0 Å². The highest BCUT2D eigenvalue weighted by molar-refractivity contribution is 4.81. The fourth-order valence-corrected chi connectivity index (χ4v) is 1.04. The van der Waals surface area contributed by atoms with E-state index in [2.05, 4.69) is 20.5 Å². The van der Waals surface area contributed by atoms with Gasteiger partial charge in [0, 0.05) is 31.5 Å². The highest BCUT2D eigenvalue weighted by atomic mass is 16.3. The van der Waals surface area contributed by atoms with Gasteiger partial charge in [-0.1, -0.05) is 13.8 Å². The lowest BCUT2D eigenvalue weighted by molar-refractivity contribution is 0.157. The van der Waals surface area contributed by atoms with E-state index in [1.165, 1.54) is 6.33 Å². The molecule has 0 saturated carbocycles. The standard InChI is InChI=1S/C9H18N4O/c1-9(2,6-14)5-10-4-3-8-11-7-12-13-8/h7,10,14H,3-6H2,1-2H3,(H,11,12,13). The number of aromatic amines is 1. The Balaban J connectivity index is 2.11. The molecule has 0 aromatic carbocycles. The van der Waals surface area contributed by atoms with Crippen molar-refractivity contribution in [3.05, 3.63) is 12.2 Å². The third kappa shape index (κ3) is 3.85. The van der Waals surface area contributed by atoms with Gasteiger partial charge in [0.1, 0.15) is 12.2 Å². The second-order valence-corrected chi connectivity index (χ2v) is 4.18. The van der Waals surface area contributed by atoms with Crippen LogP contribution in [0.4, 0.5) is 0 Å². The molecule has 0 saturated heterocycles. The maximum Gasteiger partial charge on any atom is 0.137 e. The number of nitrogens with one attached hydrogen (secondary N) is 2. The highest BCUT2D eigenvalue weighted by Crippen LogP contribution is 2.10. The number of rotatable bonds is 6. The topological polar surface area (TPSA) is 73.8 Å². The first-order chi connectivity index (χ1) is 6.64. The maximum absolute atomic E-state index is 9.01. The van der Waals surface area contributed by atoms with Crippen molar-refractivity contribution in [1.82, 2.24) is 20.5 Å². The van der Waals surface area contributed by atoms with E-state index in [1.807, 2.05) is 13.8 Å². The first kappa shape index (κ1) is 11.1. The van der Waals surface area contributed by atoms with Crippen LogP contribution >= 0.6 is 0 Å².